The van der Waals surface area contributed by atoms with Gasteiger partial charge in [-0.25, -0.2) is 8.42 Å². The fraction of sp³-hybridized carbons (Fsp3) is 0.174. The van der Waals surface area contributed by atoms with Gasteiger partial charge in [-0.2, -0.15) is 4.31 Å². The van der Waals surface area contributed by atoms with E-state index in [0.29, 0.717) is 31.1 Å². The molecule has 0 radical (unpaired) electrons. The zero-order valence-electron chi connectivity index (χ0n) is 15.9. The Morgan fingerprint density at radius 1 is 0.793 bits per heavy atom. The van der Waals surface area contributed by atoms with E-state index in [1.54, 1.807) is 29.2 Å². The molecule has 1 amide bonds. The van der Waals surface area contributed by atoms with E-state index in [2.05, 4.69) is 0 Å². The molecule has 0 aromatic heterocycles. The Morgan fingerprint density at radius 3 is 2.17 bits per heavy atom. The number of hydrogen-bond donors (Lipinski definition) is 0. The van der Waals surface area contributed by atoms with Crippen molar-refractivity contribution in [1.82, 2.24) is 9.21 Å². The van der Waals surface area contributed by atoms with E-state index in [1.807, 2.05) is 60.7 Å². The molecule has 1 fully saturated rings. The van der Waals surface area contributed by atoms with Gasteiger partial charge in [-0.15, -0.1) is 0 Å². The first-order chi connectivity index (χ1) is 14.0. The second kappa shape index (κ2) is 8.19. The summed E-state index contributed by atoms with van der Waals surface area (Å²) in [5.41, 5.74) is 0.957. The highest BCUT2D eigenvalue weighted by molar-refractivity contribution is 7.89. The zero-order valence-corrected chi connectivity index (χ0v) is 16.8. The lowest BCUT2D eigenvalue weighted by molar-refractivity contribution is -0.127. The summed E-state index contributed by atoms with van der Waals surface area (Å²) in [6.07, 6.45) is 3.32. The van der Waals surface area contributed by atoms with Gasteiger partial charge >= 0.3 is 0 Å². The maximum atomic E-state index is 13.0. The molecule has 5 nitrogen and oxygen atoms in total. The van der Waals surface area contributed by atoms with E-state index >= 15 is 0 Å². The summed E-state index contributed by atoms with van der Waals surface area (Å²) in [5, 5.41) is 1.90. The first-order valence-electron chi connectivity index (χ1n) is 9.55. The van der Waals surface area contributed by atoms with Crippen LogP contribution < -0.4 is 0 Å². The van der Waals surface area contributed by atoms with Crippen LogP contribution in [0.2, 0.25) is 0 Å². The molecular formula is C23H22N2O3S. The third-order valence-electron chi connectivity index (χ3n) is 5.13. The highest BCUT2D eigenvalue weighted by Gasteiger charge is 2.29. The predicted octanol–water partition coefficient (Wildman–Crippen LogP) is 3.39. The van der Waals surface area contributed by atoms with E-state index in [9.17, 15) is 13.2 Å². The fourth-order valence-corrected chi connectivity index (χ4v) is 4.92. The first kappa shape index (κ1) is 19.4. The number of sulfonamides is 1. The molecule has 3 aromatic carbocycles. The smallest absolute Gasteiger partial charge is 0.246 e. The van der Waals surface area contributed by atoms with Crippen LogP contribution in [-0.4, -0.2) is 49.7 Å². The molecule has 1 aliphatic rings. The summed E-state index contributed by atoms with van der Waals surface area (Å²) in [6.45, 7) is 1.34. The number of piperazine rings is 1. The molecule has 0 spiro atoms. The molecule has 0 atom stereocenters. The van der Waals surface area contributed by atoms with Gasteiger partial charge in [0.25, 0.3) is 0 Å². The van der Waals surface area contributed by atoms with Gasteiger partial charge < -0.3 is 4.90 Å². The van der Waals surface area contributed by atoms with Crippen LogP contribution in [-0.2, 0) is 14.8 Å². The van der Waals surface area contributed by atoms with Crippen molar-refractivity contribution < 1.29 is 13.2 Å². The van der Waals surface area contributed by atoms with Crippen molar-refractivity contribution in [2.24, 2.45) is 0 Å². The Morgan fingerprint density at radius 2 is 1.45 bits per heavy atom. The Labute approximate surface area is 170 Å². The summed E-state index contributed by atoms with van der Waals surface area (Å²) in [6, 6.07) is 22.5. The molecule has 1 heterocycles. The fourth-order valence-electron chi connectivity index (χ4n) is 3.46. The number of fused-ring (bicyclic) bond motifs is 1. The van der Waals surface area contributed by atoms with Crippen molar-refractivity contribution >= 4 is 32.8 Å². The van der Waals surface area contributed by atoms with Crippen LogP contribution in [0, 0.1) is 0 Å². The normalized spacial score (nSPS) is 15.8. The monoisotopic (exact) mass is 406 g/mol. The lowest BCUT2D eigenvalue weighted by atomic mass is 10.1. The van der Waals surface area contributed by atoms with Crippen LogP contribution in [0.1, 0.15) is 5.56 Å². The highest BCUT2D eigenvalue weighted by atomic mass is 32.2. The van der Waals surface area contributed by atoms with Gasteiger partial charge in [-0.05, 0) is 34.5 Å². The third kappa shape index (κ3) is 4.23. The summed E-state index contributed by atoms with van der Waals surface area (Å²) in [4.78, 5) is 14.4. The molecule has 1 aliphatic heterocycles. The molecule has 0 saturated carbocycles. The molecule has 0 bridgehead atoms. The van der Waals surface area contributed by atoms with Crippen LogP contribution in [0.3, 0.4) is 0 Å². The number of nitrogens with zero attached hydrogens (tertiary/aromatic N) is 2. The minimum atomic E-state index is -3.58. The minimum Gasteiger partial charge on any atom is -0.337 e. The average Bonchev–Trinajstić information content (AvgIpc) is 2.78. The van der Waals surface area contributed by atoms with Crippen LogP contribution in [0.15, 0.2) is 83.8 Å². The van der Waals surface area contributed by atoms with Gasteiger partial charge in [0, 0.05) is 32.3 Å². The van der Waals surface area contributed by atoms with Crippen molar-refractivity contribution in [3.63, 3.8) is 0 Å². The maximum absolute atomic E-state index is 13.0. The second-order valence-electron chi connectivity index (χ2n) is 6.98. The lowest BCUT2D eigenvalue weighted by Gasteiger charge is -2.33. The van der Waals surface area contributed by atoms with Gasteiger partial charge in [-0.1, -0.05) is 60.7 Å². The van der Waals surface area contributed by atoms with E-state index in [0.717, 1.165) is 16.3 Å². The zero-order chi connectivity index (χ0) is 20.3. The summed E-state index contributed by atoms with van der Waals surface area (Å²) in [5.74, 6) is -0.100. The van der Waals surface area contributed by atoms with Crippen molar-refractivity contribution in [1.29, 1.82) is 0 Å². The van der Waals surface area contributed by atoms with Crippen LogP contribution >= 0.6 is 0 Å². The molecule has 0 aliphatic carbocycles. The van der Waals surface area contributed by atoms with Crippen molar-refractivity contribution in [3.8, 4) is 0 Å². The number of carbonyl (C=O) groups excluding carboxylic acids is 1. The first-order valence-corrected chi connectivity index (χ1v) is 11.0. The Bertz CT molecular complexity index is 1150. The van der Waals surface area contributed by atoms with Gasteiger partial charge in [0.05, 0.1) is 4.90 Å². The van der Waals surface area contributed by atoms with Crippen molar-refractivity contribution in [3.05, 3.63) is 84.4 Å². The molecule has 148 valence electrons. The predicted molar refractivity (Wildman–Crippen MR) is 115 cm³/mol. The van der Waals surface area contributed by atoms with Crippen molar-refractivity contribution in [2.45, 2.75) is 4.90 Å². The number of carbonyl (C=O) groups is 1. The number of hydrogen-bond acceptors (Lipinski definition) is 3. The summed E-state index contributed by atoms with van der Waals surface area (Å²) >= 11 is 0. The van der Waals surface area contributed by atoms with Gasteiger partial charge in [0.2, 0.25) is 15.9 Å². The maximum Gasteiger partial charge on any atom is 0.246 e. The topological polar surface area (TPSA) is 57.7 Å². The molecule has 0 N–H and O–H groups in total. The van der Waals surface area contributed by atoms with E-state index < -0.39 is 10.0 Å². The van der Waals surface area contributed by atoms with Gasteiger partial charge in [-0.3, -0.25) is 4.79 Å². The minimum absolute atomic E-state index is 0.100. The SMILES string of the molecule is O=C(C=Cc1ccccc1)N1CCN(S(=O)(=O)c2ccc3ccccc3c2)CC1. The summed E-state index contributed by atoms with van der Waals surface area (Å²) < 4.78 is 27.5. The average molecular weight is 407 g/mol. The van der Waals surface area contributed by atoms with Crippen LogP contribution in [0.5, 0.6) is 0 Å². The molecule has 0 unspecified atom stereocenters. The molecular weight excluding hydrogens is 384 g/mol. The van der Waals surface area contributed by atoms with Crippen molar-refractivity contribution in [2.75, 3.05) is 26.2 Å². The number of rotatable bonds is 4. The Kier molecular flexibility index (Phi) is 5.47. The Hall–Kier alpha value is -2.96. The number of amides is 1. The standard InChI is InChI=1S/C23H22N2O3S/c26-23(13-10-19-6-2-1-3-7-19)24-14-16-25(17-15-24)29(27,28)22-12-11-20-8-4-5-9-21(20)18-22/h1-13,18H,14-17H2. The molecule has 4 rings (SSSR count). The van der Waals surface area contributed by atoms with Crippen LogP contribution in [0.25, 0.3) is 16.8 Å². The quantitative estimate of drug-likeness (QED) is 0.624. The molecule has 1 saturated heterocycles. The molecule has 3 aromatic rings. The van der Waals surface area contributed by atoms with Gasteiger partial charge in [0.1, 0.15) is 0 Å². The third-order valence-corrected chi connectivity index (χ3v) is 7.02. The summed E-state index contributed by atoms with van der Waals surface area (Å²) in [7, 11) is -3.58. The lowest BCUT2D eigenvalue weighted by Crippen LogP contribution is -2.50. The molecule has 6 heteroatoms. The van der Waals surface area contributed by atoms with E-state index in [-0.39, 0.29) is 5.91 Å². The van der Waals surface area contributed by atoms with E-state index in [1.165, 1.54) is 4.31 Å². The Balaban J connectivity index is 1.42. The largest absolute Gasteiger partial charge is 0.337 e. The number of benzene rings is 3. The van der Waals surface area contributed by atoms with E-state index in [4.69, 9.17) is 0 Å². The molecule has 29 heavy (non-hydrogen) atoms. The second-order valence-corrected chi connectivity index (χ2v) is 8.92. The van der Waals surface area contributed by atoms with Crippen LogP contribution in [0.4, 0.5) is 0 Å². The van der Waals surface area contributed by atoms with Gasteiger partial charge in [0.15, 0.2) is 0 Å². The highest BCUT2D eigenvalue weighted by Crippen LogP contribution is 2.23.